The van der Waals surface area contributed by atoms with Crippen LogP contribution in [0.3, 0.4) is 0 Å². The van der Waals surface area contributed by atoms with Gasteiger partial charge in [0.05, 0.1) is 28.6 Å². The second-order valence-electron chi connectivity index (χ2n) is 8.59. The van der Waals surface area contributed by atoms with Gasteiger partial charge >= 0.3 is 12.1 Å². The quantitative estimate of drug-likeness (QED) is 0.303. The van der Waals surface area contributed by atoms with Crippen LogP contribution < -0.4 is 0 Å². The summed E-state index contributed by atoms with van der Waals surface area (Å²) in [6.45, 7) is 3.97. The van der Waals surface area contributed by atoms with Crippen LogP contribution in [0.25, 0.3) is 11.0 Å². The fraction of sp³-hybridized carbons (Fsp3) is 0.231. The fourth-order valence-electron chi connectivity index (χ4n) is 3.90. The average Bonchev–Trinajstić information content (AvgIpc) is 3.21. The first kappa shape index (κ1) is 25.4. The maximum absolute atomic E-state index is 13.7. The number of alkyl halides is 3. The van der Waals surface area contributed by atoms with Gasteiger partial charge < -0.3 is 4.74 Å². The van der Waals surface area contributed by atoms with Gasteiger partial charge in [0, 0.05) is 12.1 Å². The van der Waals surface area contributed by atoms with Crippen molar-refractivity contribution in [3.63, 3.8) is 0 Å². The van der Waals surface area contributed by atoms with E-state index in [1.54, 1.807) is 24.3 Å². The van der Waals surface area contributed by atoms with E-state index in [4.69, 9.17) is 0 Å². The molecule has 10 heteroatoms. The predicted molar refractivity (Wildman–Crippen MR) is 128 cm³/mol. The first-order valence-corrected chi connectivity index (χ1v) is 12.5. The molecule has 2 aromatic carbocycles. The van der Waals surface area contributed by atoms with Gasteiger partial charge in [-0.25, -0.2) is 22.2 Å². The number of fused-ring (bicyclic) bond motifs is 1. The summed E-state index contributed by atoms with van der Waals surface area (Å²) in [5.41, 5.74) is 0.985. The smallest absolute Gasteiger partial charge is 0.433 e. The molecule has 4 aromatic rings. The molecule has 0 saturated carbocycles. The third-order valence-corrected chi connectivity index (χ3v) is 7.60. The number of methoxy groups -OCH3 is 1. The SMILES string of the molecule is COC(=O)c1ccc(Cc2cc3nc(C(F)(F)F)ccc3n2S(=O)(=O)c2ccc(C(C)C)cc2)cc1. The van der Waals surface area contributed by atoms with E-state index in [9.17, 15) is 26.4 Å². The van der Waals surface area contributed by atoms with Crippen molar-refractivity contribution in [3.8, 4) is 0 Å². The van der Waals surface area contributed by atoms with E-state index in [0.29, 0.717) is 11.1 Å². The third kappa shape index (κ3) is 4.86. The van der Waals surface area contributed by atoms with Crippen LogP contribution >= 0.6 is 0 Å². The summed E-state index contributed by atoms with van der Waals surface area (Å²) in [5, 5.41) is 0. The van der Waals surface area contributed by atoms with Gasteiger partial charge in [-0.3, -0.25) is 0 Å². The molecular formula is C26H23F3N2O4S. The Bertz CT molecular complexity index is 1520. The standard InChI is InChI=1S/C26H23F3N2O4S/c1-16(2)18-8-10-21(11-9-18)36(33,34)31-20(14-17-4-6-19(7-5-17)25(32)35-3)15-22-23(31)12-13-24(30-22)26(27,28)29/h4-13,15-16H,14H2,1-3H3. The highest BCUT2D eigenvalue weighted by molar-refractivity contribution is 7.90. The lowest BCUT2D eigenvalue weighted by Crippen LogP contribution is -2.16. The van der Waals surface area contributed by atoms with Crippen molar-refractivity contribution in [3.05, 3.63) is 94.8 Å². The third-order valence-electron chi connectivity index (χ3n) is 5.82. The van der Waals surface area contributed by atoms with E-state index in [-0.39, 0.29) is 34.0 Å². The second-order valence-corrected chi connectivity index (χ2v) is 10.4. The average molecular weight is 517 g/mol. The first-order valence-electron chi connectivity index (χ1n) is 11.0. The largest absolute Gasteiger partial charge is 0.465 e. The van der Waals surface area contributed by atoms with Crippen molar-refractivity contribution < 1.29 is 31.1 Å². The van der Waals surface area contributed by atoms with Crippen LogP contribution in [-0.2, 0) is 27.4 Å². The molecule has 0 aliphatic carbocycles. The minimum atomic E-state index is -4.67. The molecule has 0 amide bonds. The van der Waals surface area contributed by atoms with Gasteiger partial charge in [0.2, 0.25) is 0 Å². The predicted octanol–water partition coefficient (Wildman–Crippen LogP) is 5.79. The van der Waals surface area contributed by atoms with Crippen molar-refractivity contribution in [2.75, 3.05) is 7.11 Å². The Balaban J connectivity index is 1.86. The number of carbonyl (C=O) groups excluding carboxylic acids is 1. The lowest BCUT2D eigenvalue weighted by atomic mass is 10.0. The molecule has 0 unspecified atom stereocenters. The number of hydrogen-bond donors (Lipinski definition) is 0. The molecule has 0 saturated heterocycles. The molecule has 2 heterocycles. The maximum atomic E-state index is 13.7. The summed E-state index contributed by atoms with van der Waals surface area (Å²) in [7, 11) is -2.91. The summed E-state index contributed by atoms with van der Waals surface area (Å²) in [4.78, 5) is 15.4. The number of pyridine rings is 1. The van der Waals surface area contributed by atoms with Crippen molar-refractivity contribution in [1.82, 2.24) is 8.96 Å². The number of esters is 1. The molecular weight excluding hydrogens is 493 g/mol. The zero-order valence-electron chi connectivity index (χ0n) is 19.7. The monoisotopic (exact) mass is 516 g/mol. The van der Waals surface area contributed by atoms with Crippen molar-refractivity contribution >= 4 is 27.0 Å². The molecule has 0 aliphatic heterocycles. The van der Waals surface area contributed by atoms with Crippen molar-refractivity contribution in [1.29, 1.82) is 0 Å². The van der Waals surface area contributed by atoms with Crippen LogP contribution in [0, 0.1) is 0 Å². The Morgan fingerprint density at radius 1 is 1.00 bits per heavy atom. The number of rotatable bonds is 6. The van der Waals surface area contributed by atoms with Crippen molar-refractivity contribution in [2.24, 2.45) is 0 Å². The molecule has 0 aliphatic rings. The lowest BCUT2D eigenvalue weighted by Gasteiger charge is -2.14. The summed E-state index contributed by atoms with van der Waals surface area (Å²) >= 11 is 0. The molecule has 4 rings (SSSR count). The molecule has 0 atom stereocenters. The Morgan fingerprint density at radius 3 is 2.19 bits per heavy atom. The van der Waals surface area contributed by atoms with Crippen LogP contribution in [0.4, 0.5) is 13.2 Å². The number of aromatic nitrogens is 2. The highest BCUT2D eigenvalue weighted by atomic mass is 32.2. The lowest BCUT2D eigenvalue weighted by molar-refractivity contribution is -0.140. The topological polar surface area (TPSA) is 78.3 Å². The van der Waals surface area contributed by atoms with E-state index in [1.165, 1.54) is 37.4 Å². The Labute approximate surface area is 206 Å². The minimum Gasteiger partial charge on any atom is -0.465 e. The molecule has 2 aromatic heterocycles. The maximum Gasteiger partial charge on any atom is 0.433 e. The Kier molecular flexibility index (Phi) is 6.66. The van der Waals surface area contributed by atoms with Crippen LogP contribution in [0.1, 0.15) is 52.6 Å². The first-order chi connectivity index (χ1) is 16.9. The molecule has 36 heavy (non-hydrogen) atoms. The number of nitrogens with zero attached hydrogens (tertiary/aromatic N) is 2. The molecule has 6 nitrogen and oxygen atoms in total. The van der Waals surface area contributed by atoms with Gasteiger partial charge in [0.15, 0.2) is 0 Å². The summed E-state index contributed by atoms with van der Waals surface area (Å²) in [5.74, 6) is -0.324. The number of hydrogen-bond acceptors (Lipinski definition) is 5. The van der Waals surface area contributed by atoms with Crippen LogP contribution in [0.15, 0.2) is 71.6 Å². The van der Waals surface area contributed by atoms with Crippen molar-refractivity contribution in [2.45, 2.75) is 37.3 Å². The number of benzene rings is 2. The molecule has 0 fully saturated rings. The second kappa shape index (κ2) is 9.42. The Morgan fingerprint density at radius 2 is 1.64 bits per heavy atom. The van der Waals surface area contributed by atoms with E-state index < -0.39 is 27.9 Å². The van der Waals surface area contributed by atoms with Gasteiger partial charge in [-0.2, -0.15) is 13.2 Å². The Hall–Kier alpha value is -3.66. The normalized spacial score (nSPS) is 12.3. The van der Waals surface area contributed by atoms with E-state index in [1.807, 2.05) is 13.8 Å². The van der Waals surface area contributed by atoms with Gasteiger partial charge in [-0.05, 0) is 59.5 Å². The van der Waals surface area contributed by atoms with E-state index in [2.05, 4.69) is 9.72 Å². The van der Waals surface area contributed by atoms with Gasteiger partial charge in [0.1, 0.15) is 5.69 Å². The molecule has 0 radical (unpaired) electrons. The zero-order chi connectivity index (χ0) is 26.3. The van der Waals surface area contributed by atoms with Gasteiger partial charge in [-0.1, -0.05) is 38.1 Å². The zero-order valence-corrected chi connectivity index (χ0v) is 20.5. The van der Waals surface area contributed by atoms with Crippen LogP contribution in [-0.4, -0.2) is 30.5 Å². The van der Waals surface area contributed by atoms with Gasteiger partial charge in [0.25, 0.3) is 10.0 Å². The summed E-state index contributed by atoms with van der Waals surface area (Å²) in [6.07, 6.45) is -4.60. The van der Waals surface area contributed by atoms with Crippen LogP contribution in [0.2, 0.25) is 0 Å². The highest BCUT2D eigenvalue weighted by Crippen LogP contribution is 2.32. The number of ether oxygens (including phenoxy) is 1. The summed E-state index contributed by atoms with van der Waals surface area (Å²) < 4.78 is 73.0. The van der Waals surface area contributed by atoms with Gasteiger partial charge in [-0.15, -0.1) is 0 Å². The fourth-order valence-corrected chi connectivity index (χ4v) is 5.43. The van der Waals surface area contributed by atoms with Crippen LogP contribution in [0.5, 0.6) is 0 Å². The van der Waals surface area contributed by atoms with E-state index in [0.717, 1.165) is 21.7 Å². The minimum absolute atomic E-state index is 0.00610. The molecule has 0 N–H and O–H groups in total. The number of carbonyl (C=O) groups is 1. The number of halogens is 3. The molecule has 0 spiro atoms. The molecule has 0 bridgehead atoms. The highest BCUT2D eigenvalue weighted by Gasteiger charge is 2.33. The van der Waals surface area contributed by atoms with E-state index >= 15 is 0 Å². The molecule has 188 valence electrons. The summed E-state index contributed by atoms with van der Waals surface area (Å²) in [6, 6.07) is 16.0.